The molecule has 6 nitrogen and oxygen atoms in total. The maximum Gasteiger partial charge on any atom is 0.330 e. The van der Waals surface area contributed by atoms with Gasteiger partial charge in [-0.25, -0.2) is 9.18 Å². The van der Waals surface area contributed by atoms with Gasteiger partial charge < -0.3 is 4.74 Å². The summed E-state index contributed by atoms with van der Waals surface area (Å²) in [5.41, 5.74) is 0.839. The predicted octanol–water partition coefficient (Wildman–Crippen LogP) is 3.95. The van der Waals surface area contributed by atoms with Gasteiger partial charge in [0.1, 0.15) is 5.82 Å². The molecule has 7 heteroatoms. The van der Waals surface area contributed by atoms with Crippen molar-refractivity contribution in [1.29, 1.82) is 0 Å². The molecule has 2 rings (SSSR count). The number of Topliss-reactive ketones (excluding diaryl/α,β-unsaturated/α-hetero) is 1. The van der Waals surface area contributed by atoms with E-state index in [2.05, 4.69) is 0 Å². The van der Waals surface area contributed by atoms with Crippen molar-refractivity contribution in [2.45, 2.75) is 12.8 Å². The molecule has 0 aliphatic heterocycles. The van der Waals surface area contributed by atoms with Gasteiger partial charge in [-0.15, -0.1) is 0 Å². The topological polar surface area (TPSA) is 86.5 Å². The van der Waals surface area contributed by atoms with Crippen molar-refractivity contribution in [3.8, 4) is 0 Å². The highest BCUT2D eigenvalue weighted by Gasteiger charge is 2.07. The first kappa shape index (κ1) is 19.0. The number of esters is 1. The predicted molar refractivity (Wildman–Crippen MR) is 93.1 cm³/mol. The van der Waals surface area contributed by atoms with Crippen LogP contribution in [0.2, 0.25) is 0 Å². The molecule has 0 aliphatic carbocycles. The zero-order valence-electron chi connectivity index (χ0n) is 13.8. The van der Waals surface area contributed by atoms with Crippen LogP contribution in [-0.4, -0.2) is 23.3 Å². The highest BCUT2D eigenvalue weighted by molar-refractivity contribution is 5.96. The monoisotopic (exact) mass is 357 g/mol. The quantitative estimate of drug-likeness (QED) is 0.178. The Kier molecular flexibility index (Phi) is 6.73. The number of nitro groups is 1. The number of halogens is 1. The summed E-state index contributed by atoms with van der Waals surface area (Å²) in [6.07, 6.45) is 3.10. The van der Waals surface area contributed by atoms with Crippen LogP contribution in [0.15, 0.2) is 54.6 Å². The lowest BCUT2D eigenvalue weighted by molar-refractivity contribution is -0.384. The van der Waals surface area contributed by atoms with E-state index in [9.17, 15) is 24.1 Å². The van der Waals surface area contributed by atoms with Crippen molar-refractivity contribution in [1.82, 2.24) is 0 Å². The maximum atomic E-state index is 12.8. The van der Waals surface area contributed by atoms with E-state index in [1.165, 1.54) is 54.6 Å². The lowest BCUT2D eigenvalue weighted by Crippen LogP contribution is -2.05. The van der Waals surface area contributed by atoms with Crippen LogP contribution in [0.3, 0.4) is 0 Å². The lowest BCUT2D eigenvalue weighted by Gasteiger charge is -2.02. The van der Waals surface area contributed by atoms with Gasteiger partial charge in [0.25, 0.3) is 5.69 Å². The molecule has 0 unspecified atom stereocenters. The molecule has 0 radical (unpaired) electrons. The van der Waals surface area contributed by atoms with E-state index in [0.29, 0.717) is 17.5 Å². The zero-order chi connectivity index (χ0) is 18.9. The Labute approximate surface area is 149 Å². The van der Waals surface area contributed by atoms with Crippen LogP contribution < -0.4 is 0 Å². The van der Waals surface area contributed by atoms with E-state index in [4.69, 9.17) is 4.74 Å². The first-order chi connectivity index (χ1) is 12.5. The first-order valence-corrected chi connectivity index (χ1v) is 7.84. The van der Waals surface area contributed by atoms with Gasteiger partial charge in [-0.1, -0.05) is 12.1 Å². The Morgan fingerprint density at radius 1 is 1.15 bits per heavy atom. The summed E-state index contributed by atoms with van der Waals surface area (Å²) in [6, 6.07) is 11.1. The summed E-state index contributed by atoms with van der Waals surface area (Å²) < 4.78 is 17.8. The number of ketones is 1. The van der Waals surface area contributed by atoms with Crippen LogP contribution in [0, 0.1) is 15.9 Å². The molecular formula is C19H16FNO5. The minimum absolute atomic E-state index is 0.0606. The smallest absolute Gasteiger partial charge is 0.330 e. The highest BCUT2D eigenvalue weighted by Crippen LogP contribution is 2.14. The number of ether oxygens (including phenoxy) is 1. The van der Waals surface area contributed by atoms with Gasteiger partial charge in [-0.3, -0.25) is 14.9 Å². The van der Waals surface area contributed by atoms with Crippen molar-refractivity contribution >= 4 is 23.5 Å². The summed E-state index contributed by atoms with van der Waals surface area (Å²) in [4.78, 5) is 33.6. The fourth-order valence-electron chi connectivity index (χ4n) is 2.14. The molecule has 0 N–H and O–H groups in total. The molecule has 2 aromatic carbocycles. The summed E-state index contributed by atoms with van der Waals surface area (Å²) in [7, 11) is 0. The van der Waals surface area contributed by atoms with Crippen LogP contribution in [0.1, 0.15) is 28.8 Å². The molecule has 0 bridgehead atoms. The molecule has 0 aromatic heterocycles. The molecule has 0 saturated heterocycles. The third kappa shape index (κ3) is 5.94. The van der Waals surface area contributed by atoms with Crippen molar-refractivity contribution in [3.63, 3.8) is 0 Å². The summed E-state index contributed by atoms with van der Waals surface area (Å²) >= 11 is 0. The fraction of sp³-hybridized carbons (Fsp3) is 0.158. The van der Waals surface area contributed by atoms with Crippen molar-refractivity contribution < 1.29 is 23.6 Å². The number of rotatable bonds is 8. The number of nitrogens with zero attached hydrogens (tertiary/aromatic N) is 1. The van der Waals surface area contributed by atoms with Gasteiger partial charge in [0.2, 0.25) is 0 Å². The minimum atomic E-state index is -0.606. The van der Waals surface area contributed by atoms with Gasteiger partial charge in [0.05, 0.1) is 11.5 Å². The number of carbonyl (C=O) groups is 2. The summed E-state index contributed by atoms with van der Waals surface area (Å²) in [5.74, 6) is -1.18. The van der Waals surface area contributed by atoms with Gasteiger partial charge in [0.15, 0.2) is 5.78 Å². The molecular weight excluding hydrogens is 341 g/mol. The van der Waals surface area contributed by atoms with Gasteiger partial charge >= 0.3 is 5.97 Å². The summed E-state index contributed by atoms with van der Waals surface area (Å²) in [5, 5.41) is 10.7. The normalized spacial score (nSPS) is 10.7. The van der Waals surface area contributed by atoms with E-state index in [0.717, 1.165) is 0 Å². The SMILES string of the molecule is O=C(/C=C/c1cccc([N+](=O)[O-])c1)OCCCC(=O)c1ccc(F)cc1. The molecule has 0 saturated carbocycles. The molecule has 0 aliphatic rings. The average Bonchev–Trinajstić information content (AvgIpc) is 2.64. The van der Waals surface area contributed by atoms with Crippen LogP contribution in [0.4, 0.5) is 10.1 Å². The van der Waals surface area contributed by atoms with E-state index >= 15 is 0 Å². The Hall–Kier alpha value is -3.35. The van der Waals surface area contributed by atoms with E-state index in [1.807, 2.05) is 0 Å². The highest BCUT2D eigenvalue weighted by atomic mass is 19.1. The molecule has 26 heavy (non-hydrogen) atoms. The van der Waals surface area contributed by atoms with Gasteiger partial charge in [-0.05, 0) is 42.3 Å². The number of nitro benzene ring substituents is 1. The largest absolute Gasteiger partial charge is 0.463 e. The Morgan fingerprint density at radius 2 is 1.88 bits per heavy atom. The molecule has 0 fully saturated rings. The number of carbonyl (C=O) groups excluding carboxylic acids is 2. The molecule has 0 heterocycles. The molecule has 0 amide bonds. The molecule has 134 valence electrons. The molecule has 0 atom stereocenters. The van der Waals surface area contributed by atoms with E-state index in [1.54, 1.807) is 6.07 Å². The third-order valence-corrected chi connectivity index (χ3v) is 3.45. The van der Waals surface area contributed by atoms with Gasteiger partial charge in [-0.2, -0.15) is 0 Å². The maximum absolute atomic E-state index is 12.8. The number of hydrogen-bond donors (Lipinski definition) is 0. The van der Waals surface area contributed by atoms with E-state index < -0.39 is 16.7 Å². The first-order valence-electron chi connectivity index (χ1n) is 7.84. The zero-order valence-corrected chi connectivity index (χ0v) is 13.8. The third-order valence-electron chi connectivity index (χ3n) is 3.45. The number of benzene rings is 2. The lowest BCUT2D eigenvalue weighted by atomic mass is 10.1. The molecule has 0 spiro atoms. The van der Waals surface area contributed by atoms with E-state index in [-0.39, 0.29) is 24.5 Å². The molecule has 2 aromatic rings. The van der Waals surface area contributed by atoms with Crippen molar-refractivity contribution in [2.24, 2.45) is 0 Å². The second kappa shape index (κ2) is 9.22. The number of non-ortho nitro benzene ring substituents is 1. The Bertz CT molecular complexity index is 830. The van der Waals surface area contributed by atoms with Gasteiger partial charge in [0, 0.05) is 30.2 Å². The second-order valence-corrected chi connectivity index (χ2v) is 5.39. The number of hydrogen-bond acceptors (Lipinski definition) is 5. The van der Waals surface area contributed by atoms with Crippen molar-refractivity contribution in [3.05, 3.63) is 81.7 Å². The Balaban J connectivity index is 1.75. The summed E-state index contributed by atoms with van der Waals surface area (Å²) in [6.45, 7) is 0.0606. The second-order valence-electron chi connectivity index (χ2n) is 5.39. The van der Waals surface area contributed by atoms with Crippen molar-refractivity contribution in [2.75, 3.05) is 6.61 Å². The standard InChI is InChI=1S/C19H16FNO5/c20-16-9-7-15(8-10-16)18(22)5-2-12-26-19(23)11-6-14-3-1-4-17(13-14)21(24)25/h1,3-4,6-11,13H,2,5,12H2/b11-6+. The Morgan fingerprint density at radius 3 is 2.58 bits per heavy atom. The van der Waals surface area contributed by atoms with Crippen LogP contribution in [0.5, 0.6) is 0 Å². The van der Waals surface area contributed by atoms with Crippen LogP contribution >= 0.6 is 0 Å². The van der Waals surface area contributed by atoms with Crippen LogP contribution in [0.25, 0.3) is 6.08 Å². The van der Waals surface area contributed by atoms with Crippen LogP contribution in [-0.2, 0) is 9.53 Å². The average molecular weight is 357 g/mol. The fourth-order valence-corrected chi connectivity index (χ4v) is 2.14. The minimum Gasteiger partial charge on any atom is -0.463 e.